The number of methoxy groups -OCH3 is 1. The van der Waals surface area contributed by atoms with Crippen LogP contribution in [0.5, 0.6) is 0 Å². The fourth-order valence-electron chi connectivity index (χ4n) is 2.36. The molecule has 0 aliphatic heterocycles. The highest BCUT2D eigenvalue weighted by Gasteiger charge is 2.10. The van der Waals surface area contributed by atoms with Gasteiger partial charge in [0.2, 0.25) is 0 Å². The van der Waals surface area contributed by atoms with Crippen LogP contribution in [0.3, 0.4) is 0 Å². The average Bonchev–Trinajstić information content (AvgIpc) is 2.86. The number of esters is 2. The maximum Gasteiger partial charge on any atom is 0.344 e. The third-order valence-electron chi connectivity index (χ3n) is 3.84. The maximum atomic E-state index is 11.6. The molecule has 0 atom stereocenters. The lowest BCUT2D eigenvalue weighted by Crippen LogP contribution is -2.13. The molecule has 6 heteroatoms. The monoisotopic (exact) mass is 342 g/mol. The zero-order valence-electron chi connectivity index (χ0n) is 14.9. The second kappa shape index (κ2) is 8.28. The molecule has 0 aliphatic carbocycles. The fourth-order valence-corrected chi connectivity index (χ4v) is 2.36. The van der Waals surface area contributed by atoms with Crippen molar-refractivity contribution in [3.8, 4) is 0 Å². The Balaban J connectivity index is 2.08. The first-order chi connectivity index (χ1) is 11.9. The van der Waals surface area contributed by atoms with E-state index in [1.165, 1.54) is 18.7 Å². The number of hydrogen-bond donors (Lipinski definition) is 0. The van der Waals surface area contributed by atoms with Crippen molar-refractivity contribution in [1.29, 1.82) is 0 Å². The summed E-state index contributed by atoms with van der Waals surface area (Å²) in [6.45, 7) is 6.15. The maximum absolute atomic E-state index is 11.6. The molecule has 0 saturated heterocycles. The minimum Gasteiger partial charge on any atom is -0.466 e. The molecule has 25 heavy (non-hydrogen) atoms. The van der Waals surface area contributed by atoms with Crippen LogP contribution >= 0.6 is 0 Å². The van der Waals surface area contributed by atoms with Crippen molar-refractivity contribution in [2.45, 2.75) is 27.3 Å². The van der Waals surface area contributed by atoms with E-state index in [-0.39, 0.29) is 0 Å². The molecule has 0 aliphatic rings. The third kappa shape index (κ3) is 5.04. The summed E-state index contributed by atoms with van der Waals surface area (Å²) in [7, 11) is 1.24. The van der Waals surface area contributed by atoms with Crippen LogP contribution < -0.4 is 0 Å². The molecule has 0 saturated carbocycles. The summed E-state index contributed by atoms with van der Waals surface area (Å²) < 4.78 is 11.1. The summed E-state index contributed by atoms with van der Waals surface area (Å²) in [5.74, 6) is -1.20. The van der Waals surface area contributed by atoms with Gasteiger partial charge in [-0.15, -0.1) is 0 Å². The molecule has 0 fully saturated rings. The Morgan fingerprint density at radius 3 is 2.48 bits per heavy atom. The van der Waals surface area contributed by atoms with E-state index >= 15 is 0 Å². The molecule has 1 heterocycles. The quantitative estimate of drug-likeness (QED) is 0.596. The van der Waals surface area contributed by atoms with E-state index < -0.39 is 18.5 Å². The van der Waals surface area contributed by atoms with Crippen LogP contribution in [0.15, 0.2) is 30.3 Å². The molecule has 2 rings (SSSR count). The first kappa shape index (κ1) is 18.4. The number of benzene rings is 1. The van der Waals surface area contributed by atoms with Crippen molar-refractivity contribution in [1.82, 2.24) is 9.78 Å². The smallest absolute Gasteiger partial charge is 0.344 e. The van der Waals surface area contributed by atoms with Gasteiger partial charge >= 0.3 is 11.9 Å². The highest BCUT2D eigenvalue weighted by Crippen LogP contribution is 2.16. The van der Waals surface area contributed by atoms with Crippen LogP contribution in [-0.2, 0) is 25.6 Å². The SMILES string of the molecule is COC(=O)COC(=O)/C=C/c1c(C)nn(Cc2ccc(C)cc2)c1C. The molecule has 1 aromatic carbocycles. The first-order valence-corrected chi connectivity index (χ1v) is 7.92. The van der Waals surface area contributed by atoms with E-state index in [4.69, 9.17) is 4.74 Å². The third-order valence-corrected chi connectivity index (χ3v) is 3.84. The minimum atomic E-state index is -0.601. The van der Waals surface area contributed by atoms with Gasteiger partial charge in [0, 0.05) is 17.3 Å². The topological polar surface area (TPSA) is 70.4 Å². The van der Waals surface area contributed by atoms with Gasteiger partial charge in [-0.05, 0) is 32.4 Å². The lowest BCUT2D eigenvalue weighted by Gasteiger charge is -2.05. The van der Waals surface area contributed by atoms with Crippen molar-refractivity contribution in [3.05, 3.63) is 58.4 Å². The van der Waals surface area contributed by atoms with Crippen molar-refractivity contribution < 1.29 is 19.1 Å². The highest BCUT2D eigenvalue weighted by atomic mass is 16.6. The molecular formula is C19H22N2O4. The van der Waals surface area contributed by atoms with E-state index in [1.54, 1.807) is 6.08 Å². The second-order valence-corrected chi connectivity index (χ2v) is 5.74. The predicted molar refractivity (Wildman–Crippen MR) is 94.0 cm³/mol. The van der Waals surface area contributed by atoms with E-state index in [9.17, 15) is 9.59 Å². The van der Waals surface area contributed by atoms with Crippen LogP contribution in [-0.4, -0.2) is 35.4 Å². The average molecular weight is 342 g/mol. The van der Waals surface area contributed by atoms with E-state index in [0.29, 0.717) is 6.54 Å². The van der Waals surface area contributed by atoms with Gasteiger partial charge in [-0.25, -0.2) is 9.59 Å². The standard InChI is InChI=1S/C19H22N2O4/c1-13-5-7-16(8-6-13)11-21-15(3)17(14(2)20-21)9-10-18(22)25-12-19(23)24-4/h5-10H,11-12H2,1-4H3/b10-9+. The van der Waals surface area contributed by atoms with Crippen LogP contribution in [0.1, 0.15) is 28.1 Å². The second-order valence-electron chi connectivity index (χ2n) is 5.74. The summed E-state index contributed by atoms with van der Waals surface area (Å²) in [4.78, 5) is 22.6. The van der Waals surface area contributed by atoms with Crippen molar-refractivity contribution in [2.24, 2.45) is 0 Å². The Labute approximate surface area is 147 Å². The number of carbonyl (C=O) groups is 2. The molecule has 132 valence electrons. The van der Waals surface area contributed by atoms with Gasteiger partial charge in [-0.2, -0.15) is 5.10 Å². The number of hydrogen-bond acceptors (Lipinski definition) is 5. The molecule has 0 radical (unpaired) electrons. The number of nitrogens with zero attached hydrogens (tertiary/aromatic N) is 2. The lowest BCUT2D eigenvalue weighted by molar-refractivity contribution is -0.154. The Kier molecular flexibility index (Phi) is 6.11. The molecule has 0 spiro atoms. The van der Waals surface area contributed by atoms with Crippen LogP contribution in [0.2, 0.25) is 0 Å². The highest BCUT2D eigenvalue weighted by molar-refractivity contribution is 5.88. The molecule has 1 aromatic heterocycles. The molecule has 6 nitrogen and oxygen atoms in total. The van der Waals surface area contributed by atoms with Crippen LogP contribution in [0, 0.1) is 20.8 Å². The Bertz CT molecular complexity index is 789. The largest absolute Gasteiger partial charge is 0.466 e. The van der Waals surface area contributed by atoms with Crippen molar-refractivity contribution in [3.63, 3.8) is 0 Å². The number of rotatable bonds is 6. The zero-order valence-corrected chi connectivity index (χ0v) is 14.9. The van der Waals surface area contributed by atoms with Crippen LogP contribution in [0.25, 0.3) is 6.08 Å². The summed E-state index contributed by atoms with van der Waals surface area (Å²) in [5.41, 5.74) is 5.01. The number of aryl methyl sites for hydroxylation is 2. The fraction of sp³-hybridized carbons (Fsp3) is 0.316. The van der Waals surface area contributed by atoms with Crippen molar-refractivity contribution in [2.75, 3.05) is 13.7 Å². The van der Waals surface area contributed by atoms with Gasteiger partial charge in [0.1, 0.15) is 0 Å². The Hall–Kier alpha value is -2.89. The summed E-state index contributed by atoms with van der Waals surface area (Å²) in [6.07, 6.45) is 2.94. The Morgan fingerprint density at radius 1 is 1.16 bits per heavy atom. The van der Waals surface area contributed by atoms with Gasteiger partial charge in [0.05, 0.1) is 19.3 Å². The van der Waals surface area contributed by atoms with Gasteiger partial charge < -0.3 is 9.47 Å². The molecule has 0 bridgehead atoms. The van der Waals surface area contributed by atoms with E-state index in [2.05, 4.69) is 41.0 Å². The van der Waals surface area contributed by atoms with Gasteiger partial charge in [-0.1, -0.05) is 29.8 Å². The van der Waals surface area contributed by atoms with Gasteiger partial charge in [-0.3, -0.25) is 4.68 Å². The van der Waals surface area contributed by atoms with Crippen LogP contribution in [0.4, 0.5) is 0 Å². The minimum absolute atomic E-state index is 0.398. The summed E-state index contributed by atoms with van der Waals surface area (Å²) >= 11 is 0. The van der Waals surface area contributed by atoms with Gasteiger partial charge in [0.25, 0.3) is 0 Å². The number of ether oxygens (including phenoxy) is 2. The molecule has 0 unspecified atom stereocenters. The predicted octanol–water partition coefficient (Wildman–Crippen LogP) is 2.59. The number of aromatic nitrogens is 2. The summed E-state index contributed by atoms with van der Waals surface area (Å²) in [5, 5.41) is 4.53. The van der Waals surface area contributed by atoms with Crippen molar-refractivity contribution >= 4 is 18.0 Å². The summed E-state index contributed by atoms with van der Waals surface area (Å²) in [6, 6.07) is 8.29. The molecule has 2 aromatic rings. The normalized spacial score (nSPS) is 10.9. The number of carbonyl (C=O) groups excluding carboxylic acids is 2. The molecule has 0 amide bonds. The zero-order chi connectivity index (χ0) is 18.4. The Morgan fingerprint density at radius 2 is 1.84 bits per heavy atom. The molecular weight excluding hydrogens is 320 g/mol. The van der Waals surface area contributed by atoms with Gasteiger partial charge in [0.15, 0.2) is 6.61 Å². The van der Waals surface area contributed by atoms with E-state index in [1.807, 2.05) is 18.5 Å². The lowest BCUT2D eigenvalue weighted by atomic mass is 10.1. The molecule has 0 N–H and O–H groups in total. The van der Waals surface area contributed by atoms with E-state index in [0.717, 1.165) is 22.5 Å². The first-order valence-electron chi connectivity index (χ1n) is 7.92.